The van der Waals surface area contributed by atoms with E-state index in [1.165, 1.54) is 0 Å². The molecule has 68 valence electrons. The largest absolute Gasteiger partial charge is 0.341 e. The number of aromatic nitrogens is 2. The maximum absolute atomic E-state index is 11.5. The quantitative estimate of drug-likeness (QED) is 0.708. The second kappa shape index (κ2) is 2.76. The van der Waals surface area contributed by atoms with Crippen LogP contribution >= 0.6 is 0 Å². The van der Waals surface area contributed by atoms with Gasteiger partial charge in [-0.3, -0.25) is 4.79 Å². The number of hydrogen-bond acceptors (Lipinski definition) is 1. The fourth-order valence-corrected chi connectivity index (χ4v) is 1.55. The van der Waals surface area contributed by atoms with E-state index in [-0.39, 0.29) is 5.56 Å². The van der Waals surface area contributed by atoms with Crippen molar-refractivity contribution in [3.8, 4) is 0 Å². The summed E-state index contributed by atoms with van der Waals surface area (Å²) in [6, 6.07) is 4.20. The molecule has 2 aromatic heterocycles. The van der Waals surface area contributed by atoms with Gasteiger partial charge in [0, 0.05) is 23.8 Å². The Hall–Kier alpha value is -1.51. The lowest BCUT2D eigenvalue weighted by Crippen LogP contribution is -2.11. The molecule has 0 aliphatic heterocycles. The second-order valence-corrected chi connectivity index (χ2v) is 3.43. The SMILES string of the molecule is CC(C)n1ccc2cc[nH]c(=O)c21. The number of pyridine rings is 1. The number of rotatable bonds is 1. The highest BCUT2D eigenvalue weighted by Gasteiger charge is 2.06. The second-order valence-electron chi connectivity index (χ2n) is 3.43. The molecule has 0 aromatic carbocycles. The molecule has 0 amide bonds. The zero-order valence-corrected chi connectivity index (χ0v) is 7.74. The molecule has 0 radical (unpaired) electrons. The first-order chi connectivity index (χ1) is 6.20. The molecule has 0 saturated heterocycles. The predicted molar refractivity (Wildman–Crippen MR) is 52.9 cm³/mol. The molecule has 0 saturated carbocycles. The number of aromatic amines is 1. The summed E-state index contributed by atoms with van der Waals surface area (Å²) in [5.74, 6) is 0. The van der Waals surface area contributed by atoms with Crippen molar-refractivity contribution >= 4 is 10.9 Å². The Kier molecular flexibility index (Phi) is 1.72. The van der Waals surface area contributed by atoms with Crippen LogP contribution in [0, 0.1) is 0 Å². The van der Waals surface area contributed by atoms with E-state index in [4.69, 9.17) is 0 Å². The average molecular weight is 176 g/mol. The number of fused-ring (bicyclic) bond motifs is 1. The number of H-pyrrole nitrogens is 1. The van der Waals surface area contributed by atoms with Crippen molar-refractivity contribution < 1.29 is 0 Å². The number of hydrogen-bond donors (Lipinski definition) is 1. The topological polar surface area (TPSA) is 37.8 Å². The molecule has 2 rings (SSSR count). The first-order valence-corrected chi connectivity index (χ1v) is 4.38. The fraction of sp³-hybridized carbons (Fsp3) is 0.300. The summed E-state index contributed by atoms with van der Waals surface area (Å²) in [5.41, 5.74) is 0.744. The average Bonchev–Trinajstić information content (AvgIpc) is 2.49. The first kappa shape index (κ1) is 8.10. The van der Waals surface area contributed by atoms with E-state index in [1.807, 2.05) is 22.9 Å². The zero-order valence-electron chi connectivity index (χ0n) is 7.74. The van der Waals surface area contributed by atoms with Crippen LogP contribution in [0.1, 0.15) is 19.9 Å². The molecular weight excluding hydrogens is 164 g/mol. The molecule has 0 aliphatic carbocycles. The predicted octanol–water partition coefficient (Wildman–Crippen LogP) is 1.91. The van der Waals surface area contributed by atoms with Crippen LogP contribution in [0.2, 0.25) is 0 Å². The van der Waals surface area contributed by atoms with Gasteiger partial charge >= 0.3 is 0 Å². The highest BCUT2D eigenvalue weighted by atomic mass is 16.1. The Balaban J connectivity index is 2.87. The molecule has 3 heteroatoms. The van der Waals surface area contributed by atoms with Crippen molar-refractivity contribution in [2.45, 2.75) is 19.9 Å². The molecule has 0 spiro atoms. The van der Waals surface area contributed by atoms with Crippen LogP contribution in [0.5, 0.6) is 0 Å². The smallest absolute Gasteiger partial charge is 0.272 e. The third kappa shape index (κ3) is 1.16. The minimum Gasteiger partial charge on any atom is -0.341 e. The van der Waals surface area contributed by atoms with Gasteiger partial charge in [-0.2, -0.15) is 0 Å². The highest BCUT2D eigenvalue weighted by molar-refractivity contribution is 5.78. The summed E-state index contributed by atoms with van der Waals surface area (Å²) in [5, 5.41) is 0.998. The lowest BCUT2D eigenvalue weighted by Gasteiger charge is -2.07. The summed E-state index contributed by atoms with van der Waals surface area (Å²) >= 11 is 0. The zero-order chi connectivity index (χ0) is 9.42. The molecule has 0 atom stereocenters. The van der Waals surface area contributed by atoms with Crippen molar-refractivity contribution in [2.75, 3.05) is 0 Å². The normalized spacial score (nSPS) is 11.3. The van der Waals surface area contributed by atoms with Gasteiger partial charge in [0.1, 0.15) is 5.52 Å². The van der Waals surface area contributed by atoms with Crippen LogP contribution in [-0.2, 0) is 0 Å². The van der Waals surface area contributed by atoms with Crippen molar-refractivity contribution in [2.24, 2.45) is 0 Å². The summed E-state index contributed by atoms with van der Waals surface area (Å²) < 4.78 is 1.98. The molecule has 2 heterocycles. The molecule has 2 aromatic rings. The minimum atomic E-state index is -0.0174. The van der Waals surface area contributed by atoms with Crippen LogP contribution in [0.3, 0.4) is 0 Å². The van der Waals surface area contributed by atoms with Crippen molar-refractivity contribution in [3.63, 3.8) is 0 Å². The Bertz CT molecular complexity index is 479. The summed E-state index contributed by atoms with van der Waals surface area (Å²) in [6.45, 7) is 4.12. The van der Waals surface area contributed by atoms with Crippen molar-refractivity contribution in [3.05, 3.63) is 34.9 Å². The molecule has 1 N–H and O–H groups in total. The molecule has 0 unspecified atom stereocenters. The third-order valence-corrected chi connectivity index (χ3v) is 2.20. The van der Waals surface area contributed by atoms with Gasteiger partial charge in [0.05, 0.1) is 0 Å². The van der Waals surface area contributed by atoms with E-state index in [0.717, 1.165) is 10.9 Å². The maximum atomic E-state index is 11.5. The molecule has 0 aliphatic rings. The van der Waals surface area contributed by atoms with Crippen LogP contribution in [0.15, 0.2) is 29.3 Å². The lowest BCUT2D eigenvalue weighted by atomic mass is 10.3. The van der Waals surface area contributed by atoms with E-state index in [9.17, 15) is 4.79 Å². The third-order valence-electron chi connectivity index (χ3n) is 2.20. The van der Waals surface area contributed by atoms with Gasteiger partial charge in [-0.1, -0.05) is 0 Å². The van der Waals surface area contributed by atoms with Gasteiger partial charge in [0.25, 0.3) is 5.56 Å². The number of nitrogens with one attached hydrogen (secondary N) is 1. The van der Waals surface area contributed by atoms with Gasteiger partial charge in [-0.15, -0.1) is 0 Å². The number of nitrogens with zero attached hydrogens (tertiary/aromatic N) is 1. The van der Waals surface area contributed by atoms with Crippen molar-refractivity contribution in [1.82, 2.24) is 9.55 Å². The van der Waals surface area contributed by atoms with E-state index in [1.54, 1.807) is 6.20 Å². The highest BCUT2D eigenvalue weighted by Crippen LogP contribution is 2.15. The fourth-order valence-electron chi connectivity index (χ4n) is 1.55. The monoisotopic (exact) mass is 176 g/mol. The Morgan fingerprint density at radius 1 is 1.38 bits per heavy atom. The van der Waals surface area contributed by atoms with Gasteiger partial charge in [0.2, 0.25) is 0 Å². The summed E-state index contributed by atoms with van der Waals surface area (Å²) in [4.78, 5) is 14.2. The van der Waals surface area contributed by atoms with Gasteiger partial charge in [0.15, 0.2) is 0 Å². The maximum Gasteiger partial charge on any atom is 0.272 e. The van der Waals surface area contributed by atoms with E-state index in [2.05, 4.69) is 18.8 Å². The van der Waals surface area contributed by atoms with E-state index < -0.39 is 0 Å². The van der Waals surface area contributed by atoms with Gasteiger partial charge in [-0.25, -0.2) is 0 Å². The Morgan fingerprint density at radius 3 is 2.85 bits per heavy atom. The van der Waals surface area contributed by atoms with E-state index in [0.29, 0.717) is 6.04 Å². The Labute approximate surface area is 76.0 Å². The van der Waals surface area contributed by atoms with E-state index >= 15 is 0 Å². The lowest BCUT2D eigenvalue weighted by molar-refractivity contribution is 0.621. The Morgan fingerprint density at radius 2 is 2.15 bits per heavy atom. The van der Waals surface area contributed by atoms with Crippen LogP contribution in [0.25, 0.3) is 10.9 Å². The van der Waals surface area contributed by atoms with Crippen LogP contribution < -0.4 is 5.56 Å². The first-order valence-electron chi connectivity index (χ1n) is 4.38. The molecule has 0 bridgehead atoms. The summed E-state index contributed by atoms with van der Waals surface area (Å²) in [7, 11) is 0. The standard InChI is InChI=1S/C10H12N2O/c1-7(2)12-6-4-8-3-5-11-10(13)9(8)12/h3-7H,1-2H3,(H,11,13). The molecule has 3 nitrogen and oxygen atoms in total. The van der Waals surface area contributed by atoms with Gasteiger partial charge < -0.3 is 9.55 Å². The summed E-state index contributed by atoms with van der Waals surface area (Å²) in [6.07, 6.45) is 3.62. The van der Waals surface area contributed by atoms with Crippen LogP contribution in [-0.4, -0.2) is 9.55 Å². The van der Waals surface area contributed by atoms with Gasteiger partial charge in [-0.05, 0) is 26.0 Å². The van der Waals surface area contributed by atoms with Crippen molar-refractivity contribution in [1.29, 1.82) is 0 Å². The molecular formula is C10H12N2O. The van der Waals surface area contributed by atoms with Crippen LogP contribution in [0.4, 0.5) is 0 Å². The molecule has 13 heavy (non-hydrogen) atoms. The molecule has 0 fully saturated rings. The minimum absolute atomic E-state index is 0.0174.